The third kappa shape index (κ3) is 7.58. The van der Waals surface area contributed by atoms with Crippen molar-refractivity contribution in [1.29, 1.82) is 0 Å². The molecule has 5 N–H and O–H groups in total. The number of aliphatic carboxylic acids is 1. The molecule has 0 aliphatic rings. The van der Waals surface area contributed by atoms with Crippen LogP contribution < -0.4 is 11.5 Å². The summed E-state index contributed by atoms with van der Waals surface area (Å²) in [5, 5.41) is 20.2. The van der Waals surface area contributed by atoms with Gasteiger partial charge in [0, 0.05) is 10.8 Å². The molecule has 0 aliphatic carbocycles. The highest BCUT2D eigenvalue weighted by molar-refractivity contribution is 7.13. The molecule has 0 aromatic carbocycles. The Morgan fingerprint density at radius 2 is 1.64 bits per heavy atom. The minimum Gasteiger partial charge on any atom is -0.478 e. The Labute approximate surface area is 151 Å². The van der Waals surface area contributed by atoms with Gasteiger partial charge in [0.2, 0.25) is 5.60 Å². The number of carboxylic acid groups (broad SMARTS) is 1. The second-order valence-corrected chi connectivity index (χ2v) is 6.56. The van der Waals surface area contributed by atoms with Crippen molar-refractivity contribution < 1.29 is 19.6 Å². The van der Waals surface area contributed by atoms with E-state index < -0.39 is 11.6 Å². The first-order chi connectivity index (χ1) is 11.7. The Balaban J connectivity index is 0.000000271. The van der Waals surface area contributed by atoms with Crippen molar-refractivity contribution in [3.05, 3.63) is 22.1 Å². The standard InChI is InChI=1S/C8H11N3O3S.C5H7N3OS/c1-8(2,6(12)13)14-10-3-5-4-15-7(9)11-5;1-9-7-2-4-3-10-5(6)8-4/h3-4H,1-2H3,(H2,9,11)(H,12,13);2-3H,1H3,(H2,6,8)/b10-3+;7-2+. The summed E-state index contributed by atoms with van der Waals surface area (Å²) in [6.45, 7) is 2.81. The maximum absolute atomic E-state index is 10.6. The minimum absolute atomic E-state index is 0.425. The molecule has 0 amide bonds. The van der Waals surface area contributed by atoms with Gasteiger partial charge in [0.05, 0.1) is 23.8 Å². The number of carboxylic acids is 1. The van der Waals surface area contributed by atoms with Crippen LogP contribution in [-0.2, 0) is 14.5 Å². The topological polar surface area (TPSA) is 158 Å². The first-order valence-electron chi connectivity index (χ1n) is 6.68. The van der Waals surface area contributed by atoms with Crippen LogP contribution in [0.25, 0.3) is 0 Å². The molecule has 0 saturated heterocycles. The second-order valence-electron chi connectivity index (χ2n) is 4.78. The number of hydrogen-bond acceptors (Lipinski definition) is 11. The molecule has 10 nitrogen and oxygen atoms in total. The van der Waals surface area contributed by atoms with Gasteiger partial charge in [-0.3, -0.25) is 0 Å². The van der Waals surface area contributed by atoms with Gasteiger partial charge in [-0.15, -0.1) is 22.7 Å². The van der Waals surface area contributed by atoms with E-state index in [9.17, 15) is 4.79 Å². The van der Waals surface area contributed by atoms with Crippen LogP contribution in [0.15, 0.2) is 21.1 Å². The number of aromatic nitrogens is 2. The van der Waals surface area contributed by atoms with Gasteiger partial charge >= 0.3 is 5.97 Å². The first-order valence-corrected chi connectivity index (χ1v) is 8.44. The zero-order valence-corrected chi connectivity index (χ0v) is 15.4. The second kappa shape index (κ2) is 9.54. The molecule has 0 bridgehead atoms. The summed E-state index contributed by atoms with van der Waals surface area (Å²) in [5.74, 6) is -1.09. The summed E-state index contributed by atoms with van der Waals surface area (Å²) in [7, 11) is 1.48. The fourth-order valence-corrected chi connectivity index (χ4v) is 2.10. The van der Waals surface area contributed by atoms with E-state index in [0.29, 0.717) is 16.0 Å². The lowest BCUT2D eigenvalue weighted by molar-refractivity contribution is -0.161. The molecule has 12 heteroatoms. The molecule has 0 unspecified atom stereocenters. The largest absolute Gasteiger partial charge is 0.478 e. The van der Waals surface area contributed by atoms with Crippen LogP contribution in [0.3, 0.4) is 0 Å². The van der Waals surface area contributed by atoms with Gasteiger partial charge in [0.15, 0.2) is 10.3 Å². The molecule has 2 heterocycles. The van der Waals surface area contributed by atoms with E-state index >= 15 is 0 Å². The number of thiazole rings is 2. The number of carbonyl (C=O) groups is 1. The Morgan fingerprint density at radius 3 is 2.00 bits per heavy atom. The van der Waals surface area contributed by atoms with Gasteiger partial charge in [-0.2, -0.15) is 0 Å². The number of anilines is 2. The summed E-state index contributed by atoms with van der Waals surface area (Å²) in [6, 6.07) is 0. The number of nitrogens with two attached hydrogens (primary N) is 2. The Kier molecular flexibility index (Phi) is 7.75. The summed E-state index contributed by atoms with van der Waals surface area (Å²) in [6.07, 6.45) is 2.82. The number of rotatable bonds is 6. The van der Waals surface area contributed by atoms with Gasteiger partial charge in [-0.05, 0) is 13.8 Å². The molecule has 2 aromatic rings. The van der Waals surface area contributed by atoms with Gasteiger partial charge in [-0.25, -0.2) is 14.8 Å². The Hall–Kier alpha value is -2.73. The van der Waals surface area contributed by atoms with E-state index in [-0.39, 0.29) is 0 Å². The average Bonchev–Trinajstić information content (AvgIpc) is 3.14. The van der Waals surface area contributed by atoms with Crippen molar-refractivity contribution in [2.45, 2.75) is 19.4 Å². The molecule has 0 radical (unpaired) electrons. The number of hydrogen-bond donors (Lipinski definition) is 3. The Bertz CT molecular complexity index is 740. The summed E-state index contributed by atoms with van der Waals surface area (Å²) in [4.78, 5) is 27.7. The number of oxime groups is 2. The molecule has 0 spiro atoms. The molecule has 25 heavy (non-hydrogen) atoms. The van der Waals surface area contributed by atoms with Crippen LogP contribution in [0.2, 0.25) is 0 Å². The highest BCUT2D eigenvalue weighted by Crippen LogP contribution is 2.11. The SMILES string of the molecule is CC(C)(O/N=C/c1csc(N)n1)C(=O)O.CO/N=C/c1csc(N)n1. The predicted octanol–water partition coefficient (Wildman–Crippen LogP) is 1.64. The van der Waals surface area contributed by atoms with Crippen molar-refractivity contribution in [1.82, 2.24) is 9.97 Å². The maximum Gasteiger partial charge on any atom is 0.350 e. The third-order valence-corrected chi connectivity index (χ3v) is 3.73. The van der Waals surface area contributed by atoms with Gasteiger partial charge < -0.3 is 26.2 Å². The van der Waals surface area contributed by atoms with E-state index in [4.69, 9.17) is 21.4 Å². The van der Waals surface area contributed by atoms with Crippen LogP contribution in [0.1, 0.15) is 25.2 Å². The molecular formula is C13H18N6O4S2. The van der Waals surface area contributed by atoms with Crippen LogP contribution in [-0.4, -0.2) is 46.2 Å². The van der Waals surface area contributed by atoms with Gasteiger partial charge in [0.25, 0.3) is 0 Å². The molecule has 136 valence electrons. The normalized spacial score (nSPS) is 11.3. The molecular weight excluding hydrogens is 368 g/mol. The lowest BCUT2D eigenvalue weighted by atomic mass is 10.1. The molecule has 2 aromatic heterocycles. The molecule has 0 atom stereocenters. The van der Waals surface area contributed by atoms with Crippen molar-refractivity contribution in [2.24, 2.45) is 10.3 Å². The Morgan fingerprint density at radius 1 is 1.16 bits per heavy atom. The van der Waals surface area contributed by atoms with Crippen molar-refractivity contribution in [3.63, 3.8) is 0 Å². The van der Waals surface area contributed by atoms with Crippen LogP contribution >= 0.6 is 22.7 Å². The molecule has 0 aliphatic heterocycles. The van der Waals surface area contributed by atoms with Crippen molar-refractivity contribution >= 4 is 51.3 Å². The highest BCUT2D eigenvalue weighted by atomic mass is 32.1. The van der Waals surface area contributed by atoms with E-state index in [1.165, 1.54) is 56.1 Å². The first kappa shape index (κ1) is 20.3. The van der Waals surface area contributed by atoms with Crippen LogP contribution in [0, 0.1) is 0 Å². The van der Waals surface area contributed by atoms with Crippen LogP contribution in [0.5, 0.6) is 0 Å². The zero-order chi connectivity index (χ0) is 18.9. The number of nitrogen functional groups attached to an aromatic ring is 2. The van der Waals surface area contributed by atoms with Crippen molar-refractivity contribution in [2.75, 3.05) is 18.6 Å². The summed E-state index contributed by atoms with van der Waals surface area (Å²) >= 11 is 2.65. The van der Waals surface area contributed by atoms with E-state index in [1.54, 1.807) is 10.8 Å². The van der Waals surface area contributed by atoms with E-state index in [1.807, 2.05) is 0 Å². The fraction of sp³-hybridized carbons (Fsp3) is 0.308. The summed E-state index contributed by atoms with van der Waals surface area (Å²) < 4.78 is 0. The van der Waals surface area contributed by atoms with E-state index in [0.717, 1.165) is 5.69 Å². The van der Waals surface area contributed by atoms with Crippen LogP contribution in [0.4, 0.5) is 10.3 Å². The highest BCUT2D eigenvalue weighted by Gasteiger charge is 2.29. The monoisotopic (exact) mass is 386 g/mol. The maximum atomic E-state index is 10.6. The predicted molar refractivity (Wildman–Crippen MR) is 98.0 cm³/mol. The number of nitrogens with zero attached hydrogens (tertiary/aromatic N) is 4. The molecule has 0 saturated carbocycles. The molecule has 0 fully saturated rings. The van der Waals surface area contributed by atoms with Gasteiger partial charge in [0.1, 0.15) is 7.11 Å². The summed E-state index contributed by atoms with van der Waals surface area (Å²) in [5.41, 5.74) is 10.7. The fourth-order valence-electron chi connectivity index (χ4n) is 1.08. The van der Waals surface area contributed by atoms with Gasteiger partial charge in [-0.1, -0.05) is 10.3 Å². The minimum atomic E-state index is -1.35. The molecule has 2 rings (SSSR count). The smallest absolute Gasteiger partial charge is 0.350 e. The van der Waals surface area contributed by atoms with E-state index in [2.05, 4.69) is 25.1 Å². The average molecular weight is 386 g/mol. The zero-order valence-electron chi connectivity index (χ0n) is 13.7. The lowest BCUT2D eigenvalue weighted by Crippen LogP contribution is -2.32. The quantitative estimate of drug-likeness (QED) is 0.499. The third-order valence-electron chi connectivity index (χ3n) is 2.35. The lowest BCUT2D eigenvalue weighted by Gasteiger charge is -2.15. The van der Waals surface area contributed by atoms with Crippen molar-refractivity contribution in [3.8, 4) is 0 Å².